The van der Waals surface area contributed by atoms with Crippen molar-refractivity contribution in [1.29, 1.82) is 0 Å². The predicted octanol–water partition coefficient (Wildman–Crippen LogP) is 7.16. The number of hydrogen-bond acceptors (Lipinski definition) is 3. The summed E-state index contributed by atoms with van der Waals surface area (Å²) in [5, 5.41) is 0. The third kappa shape index (κ3) is 7.38. The first-order valence-corrected chi connectivity index (χ1v) is 10.7. The Morgan fingerprint density at radius 1 is 0.821 bits per heavy atom. The lowest BCUT2D eigenvalue weighted by Crippen LogP contribution is -2.08. The minimum atomic E-state index is -0.337. The van der Waals surface area contributed by atoms with Gasteiger partial charge in [0.05, 0.1) is 12.2 Å². The summed E-state index contributed by atoms with van der Waals surface area (Å²) < 4.78 is 11.2. The zero-order chi connectivity index (χ0) is 20.2. The van der Waals surface area contributed by atoms with Crippen molar-refractivity contribution in [2.45, 2.75) is 71.6 Å². The third-order valence-corrected chi connectivity index (χ3v) is 5.13. The number of benzene rings is 2. The van der Waals surface area contributed by atoms with E-state index in [-0.39, 0.29) is 5.97 Å². The molecule has 0 heterocycles. The first kappa shape index (κ1) is 22.0. The number of carbonyl (C=O) groups excluding carboxylic acids is 1. The number of rotatable bonds is 12. The molecule has 0 radical (unpaired) electrons. The molecule has 0 amide bonds. The van der Waals surface area contributed by atoms with Crippen LogP contribution in [0.15, 0.2) is 48.5 Å². The first-order chi connectivity index (χ1) is 13.6. The first-order valence-electron chi connectivity index (χ1n) is 10.7. The second-order valence-corrected chi connectivity index (χ2v) is 7.41. The van der Waals surface area contributed by atoms with Crippen molar-refractivity contribution in [3.05, 3.63) is 59.7 Å². The lowest BCUT2D eigenvalue weighted by Gasteiger charge is -2.10. The average Bonchev–Trinajstić information content (AvgIpc) is 2.73. The molecule has 1 unspecified atom stereocenters. The van der Waals surface area contributed by atoms with Gasteiger partial charge in [0.25, 0.3) is 0 Å². The van der Waals surface area contributed by atoms with E-state index in [1.807, 2.05) is 36.4 Å². The Morgan fingerprint density at radius 3 is 2.07 bits per heavy atom. The quantitative estimate of drug-likeness (QED) is 0.222. The van der Waals surface area contributed by atoms with Gasteiger partial charge in [-0.2, -0.15) is 0 Å². The molecule has 28 heavy (non-hydrogen) atoms. The Bertz CT molecular complexity index is 689. The average molecular weight is 383 g/mol. The zero-order valence-electron chi connectivity index (χ0n) is 17.6. The summed E-state index contributed by atoms with van der Waals surface area (Å²) in [6.45, 7) is 7.30. The van der Waals surface area contributed by atoms with Gasteiger partial charge in [0, 0.05) is 0 Å². The normalized spacial score (nSPS) is 11.8. The highest BCUT2D eigenvalue weighted by Gasteiger charge is 2.10. The summed E-state index contributed by atoms with van der Waals surface area (Å²) in [6.07, 6.45) is 8.57. The van der Waals surface area contributed by atoms with Gasteiger partial charge in [0.2, 0.25) is 0 Å². The maximum Gasteiger partial charge on any atom is 0.343 e. The fraction of sp³-hybridized carbons (Fsp3) is 0.480. The highest BCUT2D eigenvalue weighted by atomic mass is 16.5. The van der Waals surface area contributed by atoms with Crippen molar-refractivity contribution in [2.24, 2.45) is 0 Å². The molecule has 0 saturated heterocycles. The van der Waals surface area contributed by atoms with Crippen molar-refractivity contribution in [1.82, 2.24) is 0 Å². The van der Waals surface area contributed by atoms with Gasteiger partial charge in [-0.15, -0.1) is 0 Å². The van der Waals surface area contributed by atoms with Gasteiger partial charge in [-0.05, 0) is 60.7 Å². The Kier molecular flexibility index (Phi) is 9.61. The van der Waals surface area contributed by atoms with Crippen LogP contribution in [0.3, 0.4) is 0 Å². The molecule has 3 heteroatoms. The second kappa shape index (κ2) is 12.2. The SMILES string of the molecule is CCCCCCCCOc1ccc(OC(=O)c2ccc(C(C)CC)cc2)cc1. The van der Waals surface area contributed by atoms with Crippen LogP contribution in [0.25, 0.3) is 0 Å². The van der Waals surface area contributed by atoms with E-state index in [1.54, 1.807) is 12.1 Å². The monoisotopic (exact) mass is 382 g/mol. The lowest BCUT2D eigenvalue weighted by atomic mass is 9.98. The predicted molar refractivity (Wildman–Crippen MR) is 115 cm³/mol. The summed E-state index contributed by atoms with van der Waals surface area (Å²) in [7, 11) is 0. The summed E-state index contributed by atoms with van der Waals surface area (Å²) in [5.74, 6) is 1.50. The maximum absolute atomic E-state index is 12.3. The molecule has 2 aromatic carbocycles. The van der Waals surface area contributed by atoms with E-state index in [1.165, 1.54) is 37.7 Å². The molecule has 0 aliphatic heterocycles. The van der Waals surface area contributed by atoms with Crippen molar-refractivity contribution in [2.75, 3.05) is 6.61 Å². The van der Waals surface area contributed by atoms with Crippen LogP contribution in [0.1, 0.15) is 87.6 Å². The smallest absolute Gasteiger partial charge is 0.343 e. The minimum Gasteiger partial charge on any atom is -0.494 e. The van der Waals surface area contributed by atoms with Gasteiger partial charge < -0.3 is 9.47 Å². The standard InChI is InChI=1S/C25H34O3/c1-4-6-7-8-9-10-19-27-23-15-17-24(18-16-23)28-25(26)22-13-11-21(12-14-22)20(3)5-2/h11-18,20H,4-10,19H2,1-3H3. The number of unbranched alkanes of at least 4 members (excludes halogenated alkanes) is 5. The maximum atomic E-state index is 12.3. The topological polar surface area (TPSA) is 35.5 Å². The van der Waals surface area contributed by atoms with Crippen LogP contribution in [0, 0.1) is 0 Å². The Balaban J connectivity index is 1.76. The van der Waals surface area contributed by atoms with Crippen molar-refractivity contribution >= 4 is 5.97 Å². The highest BCUT2D eigenvalue weighted by molar-refractivity contribution is 5.91. The minimum absolute atomic E-state index is 0.337. The van der Waals surface area contributed by atoms with Gasteiger partial charge in [0.1, 0.15) is 11.5 Å². The van der Waals surface area contributed by atoms with Crippen molar-refractivity contribution in [3.8, 4) is 11.5 Å². The number of hydrogen-bond donors (Lipinski definition) is 0. The Morgan fingerprint density at radius 2 is 1.43 bits per heavy atom. The summed E-state index contributed by atoms with van der Waals surface area (Å²) in [4.78, 5) is 12.3. The van der Waals surface area contributed by atoms with Crippen molar-refractivity contribution in [3.63, 3.8) is 0 Å². The van der Waals surface area contributed by atoms with Crippen LogP contribution in [-0.2, 0) is 0 Å². The molecule has 0 aliphatic rings. The van der Waals surface area contributed by atoms with E-state index >= 15 is 0 Å². The van der Waals surface area contributed by atoms with Crippen LogP contribution in [0.2, 0.25) is 0 Å². The molecule has 0 bridgehead atoms. The van der Waals surface area contributed by atoms with Gasteiger partial charge in [-0.3, -0.25) is 0 Å². The van der Waals surface area contributed by atoms with E-state index in [4.69, 9.17) is 9.47 Å². The molecule has 0 N–H and O–H groups in total. The largest absolute Gasteiger partial charge is 0.494 e. The molecule has 1 atom stereocenters. The summed E-state index contributed by atoms with van der Waals surface area (Å²) >= 11 is 0. The fourth-order valence-corrected chi connectivity index (χ4v) is 3.03. The molecule has 0 spiro atoms. The van der Waals surface area contributed by atoms with Crippen LogP contribution in [0.5, 0.6) is 11.5 Å². The van der Waals surface area contributed by atoms with E-state index in [9.17, 15) is 4.79 Å². The molecule has 2 rings (SSSR count). The van der Waals surface area contributed by atoms with Crippen LogP contribution in [0.4, 0.5) is 0 Å². The van der Waals surface area contributed by atoms with E-state index < -0.39 is 0 Å². The second-order valence-electron chi connectivity index (χ2n) is 7.41. The van der Waals surface area contributed by atoms with Crippen molar-refractivity contribution < 1.29 is 14.3 Å². The van der Waals surface area contributed by atoms with Gasteiger partial charge >= 0.3 is 5.97 Å². The zero-order valence-corrected chi connectivity index (χ0v) is 17.6. The fourth-order valence-electron chi connectivity index (χ4n) is 3.03. The van der Waals surface area contributed by atoms with Crippen LogP contribution >= 0.6 is 0 Å². The van der Waals surface area contributed by atoms with Gasteiger partial charge in [-0.25, -0.2) is 4.79 Å². The third-order valence-electron chi connectivity index (χ3n) is 5.13. The molecule has 2 aromatic rings. The lowest BCUT2D eigenvalue weighted by molar-refractivity contribution is 0.0734. The van der Waals surface area contributed by atoms with Crippen LogP contribution in [-0.4, -0.2) is 12.6 Å². The Hall–Kier alpha value is -2.29. The number of ether oxygens (including phenoxy) is 2. The van der Waals surface area contributed by atoms with Gasteiger partial charge in [-0.1, -0.05) is 65.0 Å². The molecule has 0 saturated carbocycles. The summed E-state index contributed by atoms with van der Waals surface area (Å²) in [6, 6.07) is 14.9. The van der Waals surface area contributed by atoms with E-state index in [0.717, 1.165) is 25.2 Å². The van der Waals surface area contributed by atoms with E-state index in [2.05, 4.69) is 20.8 Å². The molecule has 0 aliphatic carbocycles. The highest BCUT2D eigenvalue weighted by Crippen LogP contribution is 2.21. The molecule has 0 fully saturated rings. The van der Waals surface area contributed by atoms with Crippen LogP contribution < -0.4 is 9.47 Å². The number of carbonyl (C=O) groups is 1. The summed E-state index contributed by atoms with van der Waals surface area (Å²) in [5.41, 5.74) is 1.81. The van der Waals surface area contributed by atoms with Gasteiger partial charge in [0.15, 0.2) is 0 Å². The Labute approximate surface area is 170 Å². The molecule has 3 nitrogen and oxygen atoms in total. The molecular weight excluding hydrogens is 348 g/mol. The molecule has 0 aromatic heterocycles. The van der Waals surface area contributed by atoms with E-state index in [0.29, 0.717) is 17.2 Å². The molecule has 152 valence electrons. The molecular formula is C25H34O3. The number of esters is 1.